The van der Waals surface area contributed by atoms with Gasteiger partial charge in [-0.15, -0.1) is 0 Å². The van der Waals surface area contributed by atoms with Crippen molar-refractivity contribution in [3.63, 3.8) is 0 Å². The van der Waals surface area contributed by atoms with Crippen molar-refractivity contribution < 1.29 is 34.8 Å². The molecule has 31 heavy (non-hydrogen) atoms. The first-order valence-corrected chi connectivity index (χ1v) is 10.7. The largest absolute Gasteiger partial charge is 0.511 e. The highest BCUT2D eigenvalue weighted by atomic mass is 127. The number of hydrogen-bond donors (Lipinski definition) is 5. The van der Waals surface area contributed by atoms with Crippen molar-refractivity contribution in [3.05, 3.63) is 43.4 Å². The van der Waals surface area contributed by atoms with Gasteiger partial charge in [0.05, 0.1) is 9.13 Å². The molecule has 1 aromatic carbocycles. The molecule has 0 saturated carbocycles. The SMILES string of the molecule is CN(C)c1cc(I)c(O)c2c1C[C@H]1C[C@H]3CC(O)=C(C(N)=O)C(=O)[C@@]3(O)C(O)=C1C2=O. The molecule has 0 bridgehead atoms. The molecule has 0 aliphatic heterocycles. The highest BCUT2D eigenvalue weighted by molar-refractivity contribution is 14.1. The average molecular weight is 540 g/mol. The predicted octanol–water partition coefficient (Wildman–Crippen LogP) is 1.25. The Hall–Kier alpha value is -2.60. The van der Waals surface area contributed by atoms with Crippen LogP contribution in [0.15, 0.2) is 28.7 Å². The van der Waals surface area contributed by atoms with Crippen LogP contribution in [0.1, 0.15) is 28.8 Å². The van der Waals surface area contributed by atoms with E-state index in [9.17, 15) is 34.8 Å². The van der Waals surface area contributed by atoms with Crippen LogP contribution < -0.4 is 10.6 Å². The zero-order chi connectivity index (χ0) is 23.0. The molecule has 3 atom stereocenters. The van der Waals surface area contributed by atoms with Crippen LogP contribution in [0.25, 0.3) is 0 Å². The number of hydrogen-bond acceptors (Lipinski definition) is 8. The minimum Gasteiger partial charge on any atom is -0.511 e. The summed E-state index contributed by atoms with van der Waals surface area (Å²) in [6.45, 7) is 0. The normalized spacial score (nSPS) is 27.6. The average Bonchev–Trinajstić information content (AvgIpc) is 2.66. The summed E-state index contributed by atoms with van der Waals surface area (Å²) in [7, 11) is 3.62. The highest BCUT2D eigenvalue weighted by Crippen LogP contribution is 2.52. The summed E-state index contributed by atoms with van der Waals surface area (Å²) in [5.74, 6) is -6.22. The molecular weight excluding hydrogens is 519 g/mol. The molecule has 164 valence electrons. The summed E-state index contributed by atoms with van der Waals surface area (Å²) in [6.07, 6.45) is 0.156. The number of aliphatic hydroxyl groups excluding tert-OH is 2. The van der Waals surface area contributed by atoms with Crippen molar-refractivity contribution in [2.24, 2.45) is 17.6 Å². The molecule has 6 N–H and O–H groups in total. The fourth-order valence-corrected chi connectivity index (χ4v) is 5.60. The van der Waals surface area contributed by atoms with Gasteiger partial charge in [0.1, 0.15) is 22.8 Å². The molecule has 3 aliphatic rings. The number of phenolic OH excluding ortho intramolecular Hbond substituents is 1. The molecule has 0 radical (unpaired) electrons. The first-order chi connectivity index (χ1) is 14.4. The lowest BCUT2D eigenvalue weighted by molar-refractivity contribution is -0.144. The Kier molecular flexibility index (Phi) is 4.85. The van der Waals surface area contributed by atoms with E-state index in [1.165, 1.54) is 0 Å². The molecule has 0 heterocycles. The Balaban J connectivity index is 1.94. The Morgan fingerprint density at radius 3 is 2.45 bits per heavy atom. The van der Waals surface area contributed by atoms with Crippen LogP contribution in [0.3, 0.4) is 0 Å². The second-order valence-electron chi connectivity index (χ2n) is 8.38. The number of allylic oxidation sites excluding steroid dienone is 2. The van der Waals surface area contributed by atoms with Crippen LogP contribution in [0, 0.1) is 15.4 Å². The molecule has 10 heteroatoms. The van der Waals surface area contributed by atoms with Gasteiger partial charge in [0, 0.05) is 37.7 Å². The second-order valence-corrected chi connectivity index (χ2v) is 9.55. The van der Waals surface area contributed by atoms with Crippen molar-refractivity contribution in [1.82, 2.24) is 0 Å². The number of phenols is 1. The fourth-order valence-electron chi connectivity index (χ4n) is 5.03. The number of anilines is 1. The monoisotopic (exact) mass is 540 g/mol. The second kappa shape index (κ2) is 6.95. The maximum atomic E-state index is 13.4. The van der Waals surface area contributed by atoms with Crippen LogP contribution >= 0.6 is 22.6 Å². The van der Waals surface area contributed by atoms with Crippen molar-refractivity contribution in [1.29, 1.82) is 0 Å². The number of carbonyl (C=O) groups is 3. The van der Waals surface area contributed by atoms with E-state index in [0.717, 1.165) is 5.69 Å². The molecule has 1 aromatic rings. The summed E-state index contributed by atoms with van der Waals surface area (Å²) in [6, 6.07) is 1.76. The van der Waals surface area contributed by atoms with Gasteiger partial charge in [0.15, 0.2) is 11.4 Å². The zero-order valence-corrected chi connectivity index (χ0v) is 18.9. The van der Waals surface area contributed by atoms with Gasteiger partial charge in [-0.25, -0.2) is 0 Å². The molecule has 1 amide bonds. The molecule has 0 spiro atoms. The maximum Gasteiger partial charge on any atom is 0.255 e. The Labute approximate surface area is 191 Å². The first-order valence-electron chi connectivity index (χ1n) is 9.60. The molecule has 0 unspecified atom stereocenters. The number of nitrogens with zero attached hydrogens (tertiary/aromatic N) is 1. The third kappa shape index (κ3) is 2.80. The number of amides is 1. The van der Waals surface area contributed by atoms with Crippen LogP contribution in [0.4, 0.5) is 5.69 Å². The third-order valence-corrected chi connectivity index (χ3v) is 7.30. The lowest BCUT2D eigenvalue weighted by atomic mass is 9.60. The standard InChI is InChI=1S/C21H21IN2O7/c1-24(2)11-6-10(22)16(26)14-9(11)4-7-3-8-5-12(25)15(20(23)30)19(29)21(8,31)18(28)13(7)17(14)27/h6-8,25-26,28,31H,3-5H2,1-2H3,(H2,23,30)/t7-,8+,21+/m1/s1. The number of ketones is 2. The third-order valence-electron chi connectivity index (χ3n) is 6.47. The van der Waals surface area contributed by atoms with Crippen LogP contribution in [0.2, 0.25) is 0 Å². The van der Waals surface area contributed by atoms with Gasteiger partial charge in [0.25, 0.3) is 5.91 Å². The van der Waals surface area contributed by atoms with Crippen molar-refractivity contribution in [2.75, 3.05) is 19.0 Å². The number of nitrogens with two attached hydrogens (primary N) is 1. The van der Waals surface area contributed by atoms with Crippen LogP contribution in [0.5, 0.6) is 5.75 Å². The van der Waals surface area contributed by atoms with E-state index in [0.29, 0.717) is 9.13 Å². The number of fused-ring (bicyclic) bond motifs is 3. The Morgan fingerprint density at radius 1 is 1.23 bits per heavy atom. The quantitative estimate of drug-likeness (QED) is 0.277. The molecule has 0 saturated heterocycles. The number of aromatic hydroxyl groups is 1. The molecule has 4 rings (SSSR count). The van der Waals surface area contributed by atoms with Gasteiger partial charge in [-0.3, -0.25) is 14.4 Å². The van der Waals surface area contributed by atoms with E-state index in [2.05, 4.69) is 0 Å². The zero-order valence-electron chi connectivity index (χ0n) is 16.8. The van der Waals surface area contributed by atoms with Crippen molar-refractivity contribution in [3.8, 4) is 5.75 Å². The van der Waals surface area contributed by atoms with Gasteiger partial charge in [0.2, 0.25) is 5.78 Å². The summed E-state index contributed by atoms with van der Waals surface area (Å²) in [4.78, 5) is 39.8. The van der Waals surface area contributed by atoms with E-state index >= 15 is 0 Å². The number of primary amides is 1. The van der Waals surface area contributed by atoms with Gasteiger partial charge in [-0.1, -0.05) is 0 Å². The van der Waals surface area contributed by atoms with Crippen molar-refractivity contribution >= 4 is 45.8 Å². The molecule has 0 fully saturated rings. The highest BCUT2D eigenvalue weighted by Gasteiger charge is 2.59. The fraction of sp³-hybridized carbons (Fsp3) is 0.381. The van der Waals surface area contributed by atoms with Crippen molar-refractivity contribution in [2.45, 2.75) is 24.9 Å². The maximum absolute atomic E-state index is 13.4. The van der Waals surface area contributed by atoms with Gasteiger partial charge in [-0.2, -0.15) is 0 Å². The first kappa shape index (κ1) is 21.6. The summed E-state index contributed by atoms with van der Waals surface area (Å²) in [5.41, 5.74) is 3.07. The number of Topliss-reactive ketones (excluding diaryl/α,β-unsaturated/α-hetero) is 2. The molecule has 3 aliphatic carbocycles. The number of benzene rings is 1. The van der Waals surface area contributed by atoms with E-state index in [1.54, 1.807) is 6.07 Å². The number of carbonyl (C=O) groups excluding carboxylic acids is 3. The van der Waals surface area contributed by atoms with E-state index in [1.807, 2.05) is 41.6 Å². The van der Waals surface area contributed by atoms with Crippen LogP contribution in [-0.4, -0.2) is 57.6 Å². The Bertz CT molecular complexity index is 1140. The topological polar surface area (TPSA) is 161 Å². The predicted molar refractivity (Wildman–Crippen MR) is 118 cm³/mol. The summed E-state index contributed by atoms with van der Waals surface area (Å²) < 4.78 is 0.442. The summed E-state index contributed by atoms with van der Waals surface area (Å²) >= 11 is 1.90. The molecular formula is C21H21IN2O7. The van der Waals surface area contributed by atoms with E-state index in [4.69, 9.17) is 5.73 Å². The van der Waals surface area contributed by atoms with Crippen LogP contribution in [-0.2, 0) is 16.0 Å². The van der Waals surface area contributed by atoms with Gasteiger partial charge < -0.3 is 31.1 Å². The lowest BCUT2D eigenvalue weighted by Crippen LogP contribution is -2.57. The molecule has 0 aromatic heterocycles. The smallest absolute Gasteiger partial charge is 0.255 e. The minimum absolute atomic E-state index is 0.0206. The number of aliphatic hydroxyl groups is 3. The number of halogens is 1. The van der Waals surface area contributed by atoms with E-state index < -0.39 is 52.0 Å². The Morgan fingerprint density at radius 2 is 1.87 bits per heavy atom. The van der Waals surface area contributed by atoms with Gasteiger partial charge in [-0.05, 0) is 53.0 Å². The van der Waals surface area contributed by atoms with Gasteiger partial charge >= 0.3 is 0 Å². The summed E-state index contributed by atoms with van der Waals surface area (Å²) in [5, 5.41) is 43.0. The molecule has 9 nitrogen and oxygen atoms in total. The van der Waals surface area contributed by atoms with E-state index in [-0.39, 0.29) is 36.1 Å². The lowest BCUT2D eigenvalue weighted by Gasteiger charge is -2.45. The minimum atomic E-state index is -2.54. The number of rotatable bonds is 2.